The van der Waals surface area contributed by atoms with Crippen molar-refractivity contribution in [2.45, 2.75) is 45.6 Å². The molecule has 16 heavy (non-hydrogen) atoms. The number of rotatable bonds is 2. The van der Waals surface area contributed by atoms with Crippen LogP contribution >= 0.6 is 0 Å². The summed E-state index contributed by atoms with van der Waals surface area (Å²) in [4.78, 5) is 10.7. The van der Waals surface area contributed by atoms with Crippen LogP contribution < -0.4 is 4.74 Å². The Labute approximate surface area is 96.6 Å². The van der Waals surface area contributed by atoms with E-state index in [1.807, 2.05) is 6.92 Å². The quantitative estimate of drug-likeness (QED) is 0.713. The molecule has 2 heteroatoms. The maximum absolute atomic E-state index is 10.7. The monoisotopic (exact) mass is 218 g/mol. The van der Waals surface area contributed by atoms with E-state index in [9.17, 15) is 4.79 Å². The lowest BCUT2D eigenvalue weighted by atomic mass is 9.88. The van der Waals surface area contributed by atoms with Gasteiger partial charge in [0.15, 0.2) is 0 Å². The first kappa shape index (κ1) is 11.2. The molecule has 0 saturated carbocycles. The molecule has 0 bridgehead atoms. The molecule has 1 aromatic carbocycles. The van der Waals surface area contributed by atoms with Gasteiger partial charge in [0.05, 0.1) is 0 Å². The lowest BCUT2D eigenvalue weighted by Gasteiger charge is -2.35. The number of fused-ring (bicyclic) bond motifs is 1. The molecular formula is C14H18O2. The van der Waals surface area contributed by atoms with Crippen LogP contribution in [0.25, 0.3) is 0 Å². The van der Waals surface area contributed by atoms with E-state index < -0.39 is 0 Å². The van der Waals surface area contributed by atoms with E-state index >= 15 is 0 Å². The Hall–Kier alpha value is -1.31. The van der Waals surface area contributed by atoms with Crippen LogP contribution in [0.4, 0.5) is 0 Å². The molecule has 1 aliphatic heterocycles. The predicted octanol–water partition coefficient (Wildman–Crippen LogP) is 2.98. The van der Waals surface area contributed by atoms with Gasteiger partial charge in [-0.25, -0.2) is 0 Å². The Bertz CT molecular complexity index is 423. The maximum Gasteiger partial charge on any atom is 0.126 e. The molecule has 0 aromatic heterocycles. The summed E-state index contributed by atoms with van der Waals surface area (Å²) in [6.07, 6.45) is 3.35. The minimum atomic E-state index is -0.312. The van der Waals surface area contributed by atoms with Gasteiger partial charge in [0, 0.05) is 6.42 Å². The summed E-state index contributed by atoms with van der Waals surface area (Å²) >= 11 is 0. The van der Waals surface area contributed by atoms with Crippen molar-refractivity contribution in [2.24, 2.45) is 0 Å². The molecule has 0 aliphatic carbocycles. The van der Waals surface area contributed by atoms with Crippen LogP contribution in [0.3, 0.4) is 0 Å². The standard InChI is InChI=1S/C14H18O2/c1-10-4-5-12-6-7-14(3,8-9-15)16-13(12)11(10)2/h4-5,9H,6-8H2,1-3H3. The van der Waals surface area contributed by atoms with Crippen LogP contribution in [0.1, 0.15) is 36.5 Å². The van der Waals surface area contributed by atoms with Crippen molar-refractivity contribution in [1.29, 1.82) is 0 Å². The Morgan fingerprint density at radius 1 is 1.44 bits per heavy atom. The van der Waals surface area contributed by atoms with Crippen LogP contribution in [0.15, 0.2) is 12.1 Å². The summed E-state index contributed by atoms with van der Waals surface area (Å²) < 4.78 is 6.04. The highest BCUT2D eigenvalue weighted by Gasteiger charge is 2.32. The van der Waals surface area contributed by atoms with Crippen LogP contribution in [0.5, 0.6) is 5.75 Å². The fourth-order valence-electron chi connectivity index (χ4n) is 2.20. The SMILES string of the molecule is Cc1ccc2c(c1C)OC(C)(CC=O)CC2. The lowest BCUT2D eigenvalue weighted by molar-refractivity contribution is -0.111. The Balaban J connectivity index is 2.38. The Morgan fingerprint density at radius 3 is 2.88 bits per heavy atom. The van der Waals surface area contributed by atoms with Gasteiger partial charge in [0.25, 0.3) is 0 Å². The summed E-state index contributed by atoms with van der Waals surface area (Å²) in [7, 11) is 0. The predicted molar refractivity (Wildman–Crippen MR) is 64.0 cm³/mol. The average molecular weight is 218 g/mol. The van der Waals surface area contributed by atoms with Crippen molar-refractivity contribution < 1.29 is 9.53 Å². The van der Waals surface area contributed by atoms with Crippen molar-refractivity contribution in [1.82, 2.24) is 0 Å². The smallest absolute Gasteiger partial charge is 0.126 e. The molecule has 2 nitrogen and oxygen atoms in total. The van der Waals surface area contributed by atoms with Gasteiger partial charge in [-0.15, -0.1) is 0 Å². The van der Waals surface area contributed by atoms with E-state index in [-0.39, 0.29) is 5.60 Å². The van der Waals surface area contributed by atoms with Crippen molar-refractivity contribution in [3.63, 3.8) is 0 Å². The number of hydrogen-bond acceptors (Lipinski definition) is 2. The van der Waals surface area contributed by atoms with Crippen LogP contribution in [-0.4, -0.2) is 11.9 Å². The van der Waals surface area contributed by atoms with Gasteiger partial charge in [-0.05, 0) is 50.3 Å². The molecule has 86 valence electrons. The zero-order valence-electron chi connectivity index (χ0n) is 10.2. The van der Waals surface area contributed by atoms with Crippen molar-refractivity contribution in [3.05, 3.63) is 28.8 Å². The summed E-state index contributed by atoms with van der Waals surface area (Å²) in [5.74, 6) is 0.996. The number of benzene rings is 1. The Kier molecular flexibility index (Phi) is 2.75. The fraction of sp³-hybridized carbons (Fsp3) is 0.500. The summed E-state index contributed by atoms with van der Waals surface area (Å²) in [6.45, 7) is 6.19. The third-order valence-electron chi connectivity index (χ3n) is 3.55. The highest BCUT2D eigenvalue weighted by Crippen LogP contribution is 2.37. The zero-order valence-corrected chi connectivity index (χ0v) is 10.2. The van der Waals surface area contributed by atoms with E-state index in [2.05, 4.69) is 26.0 Å². The maximum atomic E-state index is 10.7. The molecule has 0 fully saturated rings. The molecule has 1 heterocycles. The second-order valence-electron chi connectivity index (χ2n) is 4.92. The number of carbonyl (C=O) groups is 1. The highest BCUT2D eigenvalue weighted by atomic mass is 16.5. The second kappa shape index (κ2) is 3.93. The molecule has 1 atom stereocenters. The van der Waals surface area contributed by atoms with Crippen molar-refractivity contribution in [2.75, 3.05) is 0 Å². The molecule has 0 spiro atoms. The molecule has 0 N–H and O–H groups in total. The largest absolute Gasteiger partial charge is 0.487 e. The number of carbonyl (C=O) groups excluding carboxylic acids is 1. The van der Waals surface area contributed by atoms with Gasteiger partial charge in [-0.1, -0.05) is 12.1 Å². The summed E-state index contributed by atoms with van der Waals surface area (Å²) in [5, 5.41) is 0. The van der Waals surface area contributed by atoms with Gasteiger partial charge >= 0.3 is 0 Å². The molecule has 0 amide bonds. The molecule has 1 aromatic rings. The summed E-state index contributed by atoms with van der Waals surface area (Å²) in [5.41, 5.74) is 3.41. The summed E-state index contributed by atoms with van der Waals surface area (Å²) in [6, 6.07) is 4.28. The average Bonchev–Trinajstić information content (AvgIpc) is 2.25. The molecular weight excluding hydrogens is 200 g/mol. The molecule has 1 aliphatic rings. The molecule has 2 rings (SSSR count). The normalized spacial score (nSPS) is 23.4. The number of aldehydes is 1. The van der Waals surface area contributed by atoms with Gasteiger partial charge in [-0.3, -0.25) is 0 Å². The van der Waals surface area contributed by atoms with E-state index in [0.29, 0.717) is 6.42 Å². The number of aryl methyl sites for hydroxylation is 2. The lowest BCUT2D eigenvalue weighted by Crippen LogP contribution is -2.37. The van der Waals surface area contributed by atoms with Gasteiger partial charge in [-0.2, -0.15) is 0 Å². The van der Waals surface area contributed by atoms with Gasteiger partial charge in [0.1, 0.15) is 17.6 Å². The van der Waals surface area contributed by atoms with Crippen LogP contribution in [-0.2, 0) is 11.2 Å². The first-order chi connectivity index (χ1) is 7.56. The molecule has 0 radical (unpaired) electrons. The minimum absolute atomic E-state index is 0.312. The molecule has 0 saturated heterocycles. The van der Waals surface area contributed by atoms with E-state index in [1.54, 1.807) is 0 Å². The first-order valence-corrected chi connectivity index (χ1v) is 5.77. The number of ether oxygens (including phenoxy) is 1. The third-order valence-corrected chi connectivity index (χ3v) is 3.55. The van der Waals surface area contributed by atoms with Crippen molar-refractivity contribution >= 4 is 6.29 Å². The number of hydrogen-bond donors (Lipinski definition) is 0. The van der Waals surface area contributed by atoms with Crippen LogP contribution in [0, 0.1) is 13.8 Å². The topological polar surface area (TPSA) is 26.3 Å². The van der Waals surface area contributed by atoms with E-state index in [4.69, 9.17) is 4.74 Å². The van der Waals surface area contributed by atoms with Crippen LogP contribution in [0.2, 0.25) is 0 Å². The van der Waals surface area contributed by atoms with E-state index in [1.165, 1.54) is 16.7 Å². The highest BCUT2D eigenvalue weighted by molar-refractivity contribution is 5.53. The Morgan fingerprint density at radius 2 is 2.19 bits per heavy atom. The third kappa shape index (κ3) is 1.84. The second-order valence-corrected chi connectivity index (χ2v) is 4.92. The van der Waals surface area contributed by atoms with Gasteiger partial charge in [0.2, 0.25) is 0 Å². The van der Waals surface area contributed by atoms with E-state index in [0.717, 1.165) is 24.9 Å². The van der Waals surface area contributed by atoms with Crippen molar-refractivity contribution in [3.8, 4) is 5.75 Å². The zero-order chi connectivity index (χ0) is 11.8. The fourth-order valence-corrected chi connectivity index (χ4v) is 2.20. The van der Waals surface area contributed by atoms with Gasteiger partial charge < -0.3 is 9.53 Å². The first-order valence-electron chi connectivity index (χ1n) is 5.77. The molecule has 1 unspecified atom stereocenters. The minimum Gasteiger partial charge on any atom is -0.487 e.